The van der Waals surface area contributed by atoms with Crippen LogP contribution in [0.15, 0.2) is 78.9 Å². The summed E-state index contributed by atoms with van der Waals surface area (Å²) in [5, 5.41) is 4.53. The third-order valence-corrected chi connectivity index (χ3v) is 8.41. The van der Waals surface area contributed by atoms with E-state index in [4.69, 9.17) is 14.2 Å². The molecule has 0 bridgehead atoms. The third kappa shape index (κ3) is 4.38. The van der Waals surface area contributed by atoms with Gasteiger partial charge in [-0.1, -0.05) is 55.1 Å². The van der Waals surface area contributed by atoms with Crippen molar-refractivity contribution in [2.45, 2.75) is 32.6 Å². The lowest BCUT2D eigenvalue weighted by Crippen LogP contribution is -2.45. The van der Waals surface area contributed by atoms with E-state index >= 15 is 0 Å². The molecule has 3 aliphatic rings. The van der Waals surface area contributed by atoms with Gasteiger partial charge in [-0.05, 0) is 54.3 Å². The van der Waals surface area contributed by atoms with Crippen LogP contribution in [-0.4, -0.2) is 38.2 Å². The van der Waals surface area contributed by atoms with Gasteiger partial charge in [0.2, 0.25) is 5.36 Å². The number of ether oxygens (including phenoxy) is 3. The normalized spacial score (nSPS) is 14.8. The maximum Gasteiger partial charge on any atom is 0.338 e. The van der Waals surface area contributed by atoms with E-state index in [1.807, 2.05) is 36.4 Å². The van der Waals surface area contributed by atoms with Crippen LogP contribution in [0, 0.1) is 0 Å². The fourth-order valence-corrected chi connectivity index (χ4v) is 6.60. The Morgan fingerprint density at radius 2 is 1.69 bits per heavy atom. The molecule has 42 heavy (non-hydrogen) atoms. The smallest absolute Gasteiger partial charge is 0.338 e. The summed E-state index contributed by atoms with van der Waals surface area (Å²) in [7, 11) is 0. The molecule has 3 heterocycles. The molecule has 0 aliphatic carbocycles. The van der Waals surface area contributed by atoms with Crippen LogP contribution in [0.2, 0.25) is 0 Å². The summed E-state index contributed by atoms with van der Waals surface area (Å²) in [5.41, 5.74) is 6.12. The van der Waals surface area contributed by atoms with E-state index in [1.165, 1.54) is 16.5 Å². The van der Waals surface area contributed by atoms with Gasteiger partial charge in [0.15, 0.2) is 0 Å². The first-order valence-corrected chi connectivity index (χ1v) is 14.6. The molecule has 0 spiro atoms. The molecule has 6 nitrogen and oxygen atoms in total. The van der Waals surface area contributed by atoms with Crippen LogP contribution in [0.3, 0.4) is 0 Å². The summed E-state index contributed by atoms with van der Waals surface area (Å²) < 4.78 is 20.1. The fourth-order valence-electron chi connectivity index (χ4n) is 6.60. The van der Waals surface area contributed by atoms with Crippen molar-refractivity contribution in [3.63, 3.8) is 0 Å². The average Bonchev–Trinajstić information content (AvgIpc) is 3.02. The van der Waals surface area contributed by atoms with E-state index in [2.05, 4.69) is 35.4 Å². The maximum atomic E-state index is 13.6. The van der Waals surface area contributed by atoms with Crippen molar-refractivity contribution in [2.75, 3.05) is 26.3 Å². The van der Waals surface area contributed by atoms with E-state index in [0.29, 0.717) is 11.1 Å². The number of hydrogen-bond donors (Lipinski definition) is 0. The molecule has 0 atom stereocenters. The molecule has 0 aromatic heterocycles. The lowest BCUT2D eigenvalue weighted by atomic mass is 9.84. The minimum Gasteiger partial charge on any atom is -0.459 e. The van der Waals surface area contributed by atoms with Gasteiger partial charge >= 0.3 is 11.9 Å². The zero-order valence-electron chi connectivity index (χ0n) is 23.7. The van der Waals surface area contributed by atoms with Crippen molar-refractivity contribution < 1.29 is 23.8 Å². The van der Waals surface area contributed by atoms with E-state index in [9.17, 15) is 9.59 Å². The Bertz CT molecular complexity index is 1930. The molecule has 0 radical (unpaired) electrons. The predicted octanol–water partition coefficient (Wildman–Crippen LogP) is 4.85. The summed E-state index contributed by atoms with van der Waals surface area (Å²) in [6.07, 6.45) is 4.20. The first-order chi connectivity index (χ1) is 20.5. The zero-order chi connectivity index (χ0) is 28.8. The number of carbonyl (C=O) groups excluding carboxylic acids is 2. The minimum absolute atomic E-state index is 0.0354. The number of fused-ring (bicyclic) bond motifs is 5. The highest BCUT2D eigenvalue weighted by molar-refractivity contribution is 6.05. The van der Waals surface area contributed by atoms with Gasteiger partial charge < -0.3 is 14.2 Å². The largest absolute Gasteiger partial charge is 0.459 e. The average molecular weight is 559 g/mol. The van der Waals surface area contributed by atoms with Crippen LogP contribution in [0.5, 0.6) is 11.5 Å². The Labute approximate surface area is 244 Å². The Balaban J connectivity index is 1.44. The molecular weight excluding hydrogens is 526 g/mol. The first kappa shape index (κ1) is 26.2. The summed E-state index contributed by atoms with van der Waals surface area (Å²) in [6.45, 7) is 7.24. The highest BCUT2D eigenvalue weighted by atomic mass is 16.6. The zero-order valence-corrected chi connectivity index (χ0v) is 23.7. The molecule has 0 fully saturated rings. The first-order valence-electron chi connectivity index (χ1n) is 14.6. The monoisotopic (exact) mass is 558 g/mol. The highest BCUT2D eigenvalue weighted by Crippen LogP contribution is 2.42. The van der Waals surface area contributed by atoms with Gasteiger partial charge in [-0.25, -0.2) is 14.2 Å². The molecule has 6 heteroatoms. The van der Waals surface area contributed by atoms with Crippen molar-refractivity contribution in [3.8, 4) is 11.5 Å². The number of rotatable bonds is 6. The molecule has 3 aliphatic heterocycles. The van der Waals surface area contributed by atoms with E-state index in [1.54, 1.807) is 13.0 Å². The number of benzene rings is 4. The lowest BCUT2D eigenvalue weighted by Gasteiger charge is -2.27. The van der Waals surface area contributed by atoms with Gasteiger partial charge in [0, 0.05) is 40.3 Å². The second kappa shape index (κ2) is 10.6. The number of carbonyl (C=O) groups is 2. The summed E-state index contributed by atoms with van der Waals surface area (Å²) in [6, 6.07) is 22.3. The van der Waals surface area contributed by atoms with Crippen molar-refractivity contribution in [2.24, 2.45) is 0 Å². The van der Waals surface area contributed by atoms with Crippen molar-refractivity contribution >= 4 is 28.3 Å². The summed E-state index contributed by atoms with van der Waals surface area (Å²) in [4.78, 5) is 25.3. The molecule has 0 saturated carbocycles. The molecule has 210 valence electrons. The minimum atomic E-state index is -0.504. The van der Waals surface area contributed by atoms with Gasteiger partial charge in [0.25, 0.3) is 0 Å². The summed E-state index contributed by atoms with van der Waals surface area (Å²) in [5.74, 6) is 0.711. The highest BCUT2D eigenvalue weighted by Gasteiger charge is 2.32. The number of aryl methyl sites for hydroxylation is 1. The molecule has 0 saturated heterocycles. The fraction of sp³-hybridized carbons (Fsp3) is 0.250. The van der Waals surface area contributed by atoms with Gasteiger partial charge in [-0.2, -0.15) is 0 Å². The van der Waals surface area contributed by atoms with Crippen molar-refractivity contribution in [3.05, 3.63) is 117 Å². The Hall–Kier alpha value is -4.71. The van der Waals surface area contributed by atoms with Gasteiger partial charge in [0.05, 0.1) is 11.1 Å². The molecule has 0 amide bonds. The van der Waals surface area contributed by atoms with Crippen LogP contribution < -0.4 is 19.9 Å². The molecule has 7 rings (SSSR count). The van der Waals surface area contributed by atoms with E-state index in [-0.39, 0.29) is 13.2 Å². The second-order valence-electron chi connectivity index (χ2n) is 11.2. The third-order valence-electron chi connectivity index (χ3n) is 8.41. The SMILES string of the molecule is C=C(C)C(=O)OCCOC(=O)c1ccccc1C1=c2cc3c4c(c2Oc2ccc5ccccc5c21)CCC[N+]=4CCC3. The van der Waals surface area contributed by atoms with Crippen LogP contribution >= 0.6 is 0 Å². The predicted molar refractivity (Wildman–Crippen MR) is 161 cm³/mol. The molecule has 0 unspecified atom stereocenters. The Morgan fingerprint density at radius 3 is 2.55 bits per heavy atom. The van der Waals surface area contributed by atoms with Gasteiger partial charge in [0.1, 0.15) is 37.8 Å². The topological polar surface area (TPSA) is 64.8 Å². The summed E-state index contributed by atoms with van der Waals surface area (Å²) >= 11 is 0. The van der Waals surface area contributed by atoms with Crippen LogP contribution in [0.1, 0.15) is 52.4 Å². The number of nitrogens with zero attached hydrogens (tertiary/aromatic N) is 1. The Morgan fingerprint density at radius 1 is 0.929 bits per heavy atom. The molecular formula is C36H32NO5+. The van der Waals surface area contributed by atoms with E-state index in [0.717, 1.165) is 83.0 Å². The quantitative estimate of drug-likeness (QED) is 0.129. The number of esters is 2. The standard InChI is InChI=1S/C36H32NO5/c1-22(2)35(38)40-19-20-41-36(39)27-13-6-5-12-26(27)31-29-21-24-10-7-17-37-18-8-14-28(33(24)37)34(29)42-30-16-15-23-9-3-4-11-25(23)32(30)31/h3-6,9,11-13,15-16,21H,1,7-8,10,14,17-20H2,2H3/q+1. The van der Waals surface area contributed by atoms with Gasteiger partial charge in [-0.15, -0.1) is 0 Å². The molecule has 0 N–H and O–H groups in total. The molecule has 4 aromatic carbocycles. The number of hydrogen-bond acceptors (Lipinski definition) is 5. The second-order valence-corrected chi connectivity index (χ2v) is 11.2. The lowest BCUT2D eigenvalue weighted by molar-refractivity contribution is -0.140. The van der Waals surface area contributed by atoms with Crippen molar-refractivity contribution in [1.82, 2.24) is 4.58 Å². The van der Waals surface area contributed by atoms with Crippen LogP contribution in [0.4, 0.5) is 0 Å². The Kier molecular flexibility index (Phi) is 6.62. The molecule has 4 aromatic rings. The van der Waals surface area contributed by atoms with E-state index < -0.39 is 11.9 Å². The van der Waals surface area contributed by atoms with Gasteiger partial charge in [-0.3, -0.25) is 0 Å². The maximum absolute atomic E-state index is 13.6. The van der Waals surface area contributed by atoms with Crippen molar-refractivity contribution in [1.29, 1.82) is 0 Å². The van der Waals surface area contributed by atoms with Crippen LogP contribution in [0.25, 0.3) is 16.3 Å². The van der Waals surface area contributed by atoms with Crippen LogP contribution in [-0.2, 0) is 27.1 Å².